The van der Waals surface area contributed by atoms with E-state index in [-0.39, 0.29) is 36.9 Å². The molecule has 0 bridgehead atoms. The van der Waals surface area contributed by atoms with Crippen molar-refractivity contribution in [1.82, 2.24) is 9.97 Å². The first-order chi connectivity index (χ1) is 21.3. The first-order valence-corrected chi connectivity index (χ1v) is 14.3. The topological polar surface area (TPSA) is 140 Å². The Hall–Kier alpha value is -5.26. The highest BCUT2D eigenvalue weighted by Crippen LogP contribution is 2.37. The lowest BCUT2D eigenvalue weighted by Gasteiger charge is -2.29. The molecule has 0 saturated heterocycles. The van der Waals surface area contributed by atoms with Gasteiger partial charge in [-0.05, 0) is 61.7 Å². The van der Waals surface area contributed by atoms with Crippen LogP contribution >= 0.6 is 0 Å². The second-order valence-corrected chi connectivity index (χ2v) is 10.2. The Bertz CT molecular complexity index is 2050. The summed E-state index contributed by atoms with van der Waals surface area (Å²) in [6, 6.07) is 7.99. The van der Waals surface area contributed by atoms with Crippen molar-refractivity contribution in [1.29, 1.82) is 0 Å². The molecule has 0 saturated carbocycles. The van der Waals surface area contributed by atoms with E-state index in [1.807, 2.05) is 17.0 Å². The highest BCUT2D eigenvalue weighted by Gasteiger charge is 2.29. The Labute approximate surface area is 249 Å². The molecule has 0 amide bonds. The first kappa shape index (κ1) is 28.8. The van der Waals surface area contributed by atoms with Crippen LogP contribution in [0.4, 0.5) is 15.8 Å². The second kappa shape index (κ2) is 11.8. The zero-order valence-electron chi connectivity index (χ0n) is 24.1. The molecule has 2 aromatic heterocycles. The summed E-state index contributed by atoms with van der Waals surface area (Å²) in [5, 5.41) is 3.66. The maximum absolute atomic E-state index is 14.5. The van der Waals surface area contributed by atoms with E-state index in [1.165, 1.54) is 12.1 Å². The van der Waals surface area contributed by atoms with Crippen molar-refractivity contribution in [2.45, 2.75) is 20.3 Å². The molecule has 1 aliphatic heterocycles. The lowest BCUT2D eigenvalue weighted by atomic mass is 10.0. The van der Waals surface area contributed by atoms with Crippen LogP contribution in [0.25, 0.3) is 27.7 Å². The maximum atomic E-state index is 14.5. The molecule has 2 N–H and O–H groups in total. The number of pyridine rings is 1. The maximum Gasteiger partial charge on any atom is 0.272 e. The SMILES string of the molecule is CCOc1c(NCCOc2ccc(F)cc2-c2ccnc3[nH]c(C4=CCN(c5c(OCC)c(=O)c5=O)CC4)cc23)c(=O)c1=O. The van der Waals surface area contributed by atoms with E-state index in [4.69, 9.17) is 14.2 Å². The predicted molar refractivity (Wildman–Crippen MR) is 165 cm³/mol. The molecule has 0 fully saturated rings. The van der Waals surface area contributed by atoms with Crippen LogP contribution in [0, 0.1) is 5.82 Å². The molecular weight excluding hydrogens is 571 g/mol. The number of halogens is 1. The fourth-order valence-corrected chi connectivity index (χ4v) is 5.46. The highest BCUT2D eigenvalue weighted by molar-refractivity contribution is 5.97. The Morgan fingerprint density at radius 3 is 2.45 bits per heavy atom. The van der Waals surface area contributed by atoms with E-state index >= 15 is 0 Å². The number of rotatable bonds is 12. The van der Waals surface area contributed by atoms with Crippen molar-refractivity contribution in [3.63, 3.8) is 0 Å². The number of nitrogens with one attached hydrogen (secondary N) is 2. The second-order valence-electron chi connectivity index (χ2n) is 10.2. The van der Waals surface area contributed by atoms with Gasteiger partial charge in [0.25, 0.3) is 21.7 Å². The summed E-state index contributed by atoms with van der Waals surface area (Å²) in [7, 11) is 0. The summed E-state index contributed by atoms with van der Waals surface area (Å²) in [5.74, 6) is 0.166. The van der Waals surface area contributed by atoms with Gasteiger partial charge in [0.15, 0.2) is 11.5 Å². The molecule has 0 unspecified atom stereocenters. The van der Waals surface area contributed by atoms with E-state index in [0.29, 0.717) is 54.3 Å². The lowest BCUT2D eigenvalue weighted by Crippen LogP contribution is -2.43. The Kier molecular flexibility index (Phi) is 7.73. The van der Waals surface area contributed by atoms with Crippen molar-refractivity contribution in [2.75, 3.05) is 49.7 Å². The average Bonchev–Trinajstić information content (AvgIpc) is 3.49. The third-order valence-electron chi connectivity index (χ3n) is 7.58. The van der Waals surface area contributed by atoms with Crippen LogP contribution < -0.4 is 46.1 Å². The number of anilines is 2. The molecule has 3 heterocycles. The fraction of sp³-hybridized carbons (Fsp3) is 0.281. The molecule has 226 valence electrons. The summed E-state index contributed by atoms with van der Waals surface area (Å²) < 4.78 is 31.1. The van der Waals surface area contributed by atoms with Gasteiger partial charge < -0.3 is 29.4 Å². The van der Waals surface area contributed by atoms with Gasteiger partial charge in [0.2, 0.25) is 0 Å². The van der Waals surface area contributed by atoms with Crippen molar-refractivity contribution in [3.05, 3.63) is 95.0 Å². The molecule has 0 atom stereocenters. The summed E-state index contributed by atoms with van der Waals surface area (Å²) in [5.41, 5.74) is 1.81. The minimum atomic E-state index is -0.650. The standard InChI is InChI=1S/C32H29FN4O7/c1-3-42-30-24(26(38)28(30)40)34-11-14-44-23-6-5-18(33)15-20(23)19-7-10-35-32-21(19)16-22(36-32)17-8-12-37(13-9-17)25-27(39)29(41)31(25)43-4-2/h5-8,10,15-16,34H,3-4,9,11-14H2,1-2H3,(H,35,36). The van der Waals surface area contributed by atoms with E-state index in [2.05, 4.69) is 15.3 Å². The zero-order chi connectivity index (χ0) is 31.0. The van der Waals surface area contributed by atoms with E-state index in [1.54, 1.807) is 32.2 Å². The lowest BCUT2D eigenvalue weighted by molar-refractivity contribution is 0.328. The van der Waals surface area contributed by atoms with Crippen LogP contribution in [0.2, 0.25) is 0 Å². The quantitative estimate of drug-likeness (QED) is 0.162. The monoisotopic (exact) mass is 600 g/mol. The molecule has 11 nitrogen and oxygen atoms in total. The number of benzene rings is 1. The predicted octanol–water partition coefficient (Wildman–Crippen LogP) is 3.14. The fourth-order valence-electron chi connectivity index (χ4n) is 5.46. The molecule has 1 aliphatic rings. The van der Waals surface area contributed by atoms with Gasteiger partial charge in [0.05, 0.1) is 13.2 Å². The molecule has 5 aromatic rings. The number of H-pyrrole nitrogens is 1. The van der Waals surface area contributed by atoms with Crippen molar-refractivity contribution < 1.29 is 18.6 Å². The molecule has 0 spiro atoms. The average molecular weight is 601 g/mol. The van der Waals surface area contributed by atoms with Gasteiger partial charge in [-0.25, -0.2) is 9.37 Å². The normalized spacial score (nSPS) is 13.4. The van der Waals surface area contributed by atoms with Crippen molar-refractivity contribution >= 4 is 28.0 Å². The zero-order valence-corrected chi connectivity index (χ0v) is 24.1. The molecule has 6 rings (SSSR count). The molecule has 44 heavy (non-hydrogen) atoms. The smallest absolute Gasteiger partial charge is 0.272 e. The first-order valence-electron chi connectivity index (χ1n) is 14.3. The van der Waals surface area contributed by atoms with Crippen LogP contribution in [0.3, 0.4) is 0 Å². The van der Waals surface area contributed by atoms with Gasteiger partial charge in [-0.2, -0.15) is 0 Å². The molecule has 3 aromatic carbocycles. The van der Waals surface area contributed by atoms with Gasteiger partial charge in [-0.1, -0.05) is 6.08 Å². The molecule has 0 radical (unpaired) electrons. The van der Waals surface area contributed by atoms with Crippen LogP contribution in [0.15, 0.2) is 61.8 Å². The van der Waals surface area contributed by atoms with E-state index < -0.39 is 27.5 Å². The van der Waals surface area contributed by atoms with Crippen LogP contribution in [-0.2, 0) is 0 Å². The number of fused-ring (bicyclic) bond motifs is 1. The summed E-state index contributed by atoms with van der Waals surface area (Å²) in [6.45, 7) is 5.39. The minimum absolute atomic E-state index is 0.0298. The third-order valence-corrected chi connectivity index (χ3v) is 7.58. The number of hydrogen-bond donors (Lipinski definition) is 2. The Morgan fingerprint density at radius 1 is 0.932 bits per heavy atom. The highest BCUT2D eigenvalue weighted by atomic mass is 19.1. The van der Waals surface area contributed by atoms with Crippen LogP contribution in [0.5, 0.6) is 17.2 Å². The number of aromatic nitrogens is 2. The van der Waals surface area contributed by atoms with E-state index in [9.17, 15) is 23.6 Å². The Balaban J connectivity index is 1.21. The van der Waals surface area contributed by atoms with Gasteiger partial charge in [-0.3, -0.25) is 19.2 Å². The van der Waals surface area contributed by atoms with Crippen LogP contribution in [-0.4, -0.2) is 49.4 Å². The largest absolute Gasteiger partial charge is 0.491 e. The summed E-state index contributed by atoms with van der Waals surface area (Å²) in [4.78, 5) is 57.3. The van der Waals surface area contributed by atoms with Gasteiger partial charge in [0.1, 0.15) is 35.2 Å². The van der Waals surface area contributed by atoms with Gasteiger partial charge in [0, 0.05) is 42.5 Å². The van der Waals surface area contributed by atoms with Crippen LogP contribution in [0.1, 0.15) is 26.0 Å². The van der Waals surface area contributed by atoms with Crippen molar-refractivity contribution in [2.24, 2.45) is 0 Å². The van der Waals surface area contributed by atoms with Gasteiger partial charge >= 0.3 is 0 Å². The van der Waals surface area contributed by atoms with E-state index in [0.717, 1.165) is 16.7 Å². The molecule has 12 heteroatoms. The number of hydrogen-bond acceptors (Lipinski definition) is 10. The van der Waals surface area contributed by atoms with Crippen molar-refractivity contribution in [3.8, 4) is 28.4 Å². The summed E-state index contributed by atoms with van der Waals surface area (Å²) in [6.07, 6.45) is 4.24. The Morgan fingerprint density at radius 2 is 1.70 bits per heavy atom. The summed E-state index contributed by atoms with van der Waals surface area (Å²) >= 11 is 0. The molecule has 0 aliphatic carbocycles. The molecular formula is C32H29FN4O7. The third kappa shape index (κ3) is 5.01. The number of aromatic amines is 1. The van der Waals surface area contributed by atoms with Gasteiger partial charge in [-0.15, -0.1) is 0 Å². The number of nitrogens with zero attached hydrogens (tertiary/aromatic N) is 2. The number of ether oxygens (including phenoxy) is 3. The minimum Gasteiger partial charge on any atom is -0.491 e.